The number of nitro groups is 1. The highest BCUT2D eigenvalue weighted by Crippen LogP contribution is 2.28. The van der Waals surface area contributed by atoms with E-state index >= 15 is 0 Å². The number of nitrogens with one attached hydrogen (secondary N) is 1. The SMILES string of the molecule is CC(C)NC(CC(=O)C(C)C)c1ccccc1[N+](=O)[O-]. The van der Waals surface area contributed by atoms with Crippen LogP contribution in [0.15, 0.2) is 24.3 Å². The molecule has 20 heavy (non-hydrogen) atoms. The fraction of sp³-hybridized carbons (Fsp3) is 0.533. The van der Waals surface area contributed by atoms with Crippen molar-refractivity contribution < 1.29 is 9.72 Å². The molecule has 0 bridgehead atoms. The topological polar surface area (TPSA) is 72.2 Å². The highest BCUT2D eigenvalue weighted by molar-refractivity contribution is 5.81. The van der Waals surface area contributed by atoms with Crippen molar-refractivity contribution in [1.82, 2.24) is 5.32 Å². The van der Waals surface area contributed by atoms with E-state index in [9.17, 15) is 14.9 Å². The van der Waals surface area contributed by atoms with Crippen molar-refractivity contribution in [2.24, 2.45) is 5.92 Å². The van der Waals surface area contributed by atoms with Gasteiger partial charge in [-0.15, -0.1) is 0 Å². The zero-order chi connectivity index (χ0) is 15.3. The molecule has 1 rings (SSSR count). The second kappa shape index (κ2) is 7.14. The highest BCUT2D eigenvalue weighted by atomic mass is 16.6. The van der Waals surface area contributed by atoms with Crippen LogP contribution in [0.3, 0.4) is 0 Å². The number of carbonyl (C=O) groups is 1. The summed E-state index contributed by atoms with van der Waals surface area (Å²) in [5.74, 6) is 0.0236. The van der Waals surface area contributed by atoms with Crippen LogP contribution >= 0.6 is 0 Å². The molecule has 5 nitrogen and oxygen atoms in total. The third kappa shape index (κ3) is 4.42. The number of hydrogen-bond acceptors (Lipinski definition) is 4. The first-order valence-electron chi connectivity index (χ1n) is 6.85. The smallest absolute Gasteiger partial charge is 0.274 e. The van der Waals surface area contributed by atoms with Gasteiger partial charge in [-0.25, -0.2) is 0 Å². The fourth-order valence-corrected chi connectivity index (χ4v) is 2.05. The van der Waals surface area contributed by atoms with Gasteiger partial charge < -0.3 is 5.32 Å². The Balaban J connectivity index is 3.10. The van der Waals surface area contributed by atoms with Gasteiger partial charge in [0.25, 0.3) is 5.69 Å². The van der Waals surface area contributed by atoms with E-state index in [0.717, 1.165) is 0 Å². The summed E-state index contributed by atoms with van der Waals surface area (Å²) < 4.78 is 0. The van der Waals surface area contributed by atoms with Crippen molar-refractivity contribution >= 4 is 11.5 Å². The maximum atomic E-state index is 12.0. The maximum Gasteiger partial charge on any atom is 0.274 e. The molecule has 1 N–H and O–H groups in total. The number of hydrogen-bond donors (Lipinski definition) is 1. The van der Waals surface area contributed by atoms with Crippen LogP contribution in [-0.2, 0) is 4.79 Å². The van der Waals surface area contributed by atoms with E-state index in [1.165, 1.54) is 6.07 Å². The predicted octanol–water partition coefficient (Wildman–Crippen LogP) is 3.25. The molecule has 0 aromatic heterocycles. The number of nitrogens with zero attached hydrogens (tertiary/aromatic N) is 1. The molecule has 0 aliphatic carbocycles. The number of rotatable bonds is 7. The van der Waals surface area contributed by atoms with Gasteiger partial charge in [0, 0.05) is 36.1 Å². The molecule has 1 unspecified atom stereocenters. The van der Waals surface area contributed by atoms with Crippen molar-refractivity contribution in [3.63, 3.8) is 0 Å². The summed E-state index contributed by atoms with van der Waals surface area (Å²) in [6.45, 7) is 7.60. The van der Waals surface area contributed by atoms with Crippen molar-refractivity contribution in [3.05, 3.63) is 39.9 Å². The van der Waals surface area contributed by atoms with Gasteiger partial charge >= 0.3 is 0 Å². The minimum absolute atomic E-state index is 0.0576. The van der Waals surface area contributed by atoms with E-state index in [0.29, 0.717) is 5.56 Å². The molecule has 1 aromatic carbocycles. The summed E-state index contributed by atoms with van der Waals surface area (Å²) in [6, 6.07) is 6.40. The number of ketones is 1. The van der Waals surface area contributed by atoms with E-state index in [1.807, 2.05) is 27.7 Å². The van der Waals surface area contributed by atoms with E-state index in [1.54, 1.807) is 18.2 Å². The van der Waals surface area contributed by atoms with E-state index in [-0.39, 0.29) is 35.9 Å². The third-order valence-electron chi connectivity index (χ3n) is 3.09. The Bertz CT molecular complexity index is 484. The van der Waals surface area contributed by atoms with Gasteiger partial charge in [0.2, 0.25) is 0 Å². The molecule has 110 valence electrons. The highest BCUT2D eigenvalue weighted by Gasteiger charge is 2.25. The Labute approximate surface area is 119 Å². The molecule has 0 saturated heterocycles. The van der Waals surface area contributed by atoms with Gasteiger partial charge in [-0.05, 0) is 0 Å². The summed E-state index contributed by atoms with van der Waals surface area (Å²) >= 11 is 0. The molecule has 1 atom stereocenters. The molecule has 0 spiro atoms. The first-order valence-corrected chi connectivity index (χ1v) is 6.85. The van der Waals surface area contributed by atoms with Gasteiger partial charge in [0.15, 0.2) is 0 Å². The Kier molecular flexibility index (Phi) is 5.82. The monoisotopic (exact) mass is 278 g/mol. The summed E-state index contributed by atoms with van der Waals surface area (Å²) in [6.07, 6.45) is 0.265. The molecule has 0 radical (unpaired) electrons. The molecule has 0 heterocycles. The first kappa shape index (κ1) is 16.3. The predicted molar refractivity (Wildman–Crippen MR) is 78.6 cm³/mol. The number of benzene rings is 1. The van der Waals surface area contributed by atoms with Gasteiger partial charge in [0.1, 0.15) is 5.78 Å². The quantitative estimate of drug-likeness (QED) is 0.614. The van der Waals surface area contributed by atoms with Gasteiger partial charge in [-0.1, -0.05) is 45.9 Å². The summed E-state index contributed by atoms with van der Waals surface area (Å²) in [5.41, 5.74) is 0.627. The van der Waals surface area contributed by atoms with Crippen LogP contribution in [0.25, 0.3) is 0 Å². The fourth-order valence-electron chi connectivity index (χ4n) is 2.05. The van der Waals surface area contributed by atoms with Crippen molar-refractivity contribution in [2.45, 2.75) is 46.2 Å². The van der Waals surface area contributed by atoms with Crippen LogP contribution in [0.2, 0.25) is 0 Å². The van der Waals surface area contributed by atoms with E-state index in [4.69, 9.17) is 0 Å². The van der Waals surface area contributed by atoms with Crippen molar-refractivity contribution in [2.75, 3.05) is 0 Å². The van der Waals surface area contributed by atoms with Crippen molar-refractivity contribution in [3.8, 4) is 0 Å². The Morgan fingerprint density at radius 2 is 1.85 bits per heavy atom. The summed E-state index contributed by atoms with van der Waals surface area (Å²) in [5, 5.41) is 14.4. The zero-order valence-corrected chi connectivity index (χ0v) is 12.4. The van der Waals surface area contributed by atoms with Crippen LogP contribution in [-0.4, -0.2) is 16.7 Å². The summed E-state index contributed by atoms with van der Waals surface area (Å²) in [4.78, 5) is 22.7. The lowest BCUT2D eigenvalue weighted by Crippen LogP contribution is -2.31. The second-order valence-electron chi connectivity index (χ2n) is 5.52. The van der Waals surface area contributed by atoms with Gasteiger partial charge in [0.05, 0.1) is 4.92 Å². The molecule has 5 heteroatoms. The number of para-hydroxylation sites is 1. The zero-order valence-electron chi connectivity index (χ0n) is 12.4. The normalized spacial score (nSPS) is 12.7. The largest absolute Gasteiger partial charge is 0.307 e. The third-order valence-corrected chi connectivity index (χ3v) is 3.09. The molecule has 0 aliphatic heterocycles. The second-order valence-corrected chi connectivity index (χ2v) is 5.52. The van der Waals surface area contributed by atoms with Crippen molar-refractivity contribution in [1.29, 1.82) is 0 Å². The average Bonchev–Trinajstić information content (AvgIpc) is 2.37. The molecular weight excluding hydrogens is 256 g/mol. The van der Waals surface area contributed by atoms with Crippen LogP contribution < -0.4 is 5.32 Å². The van der Waals surface area contributed by atoms with Crippen LogP contribution in [0.1, 0.15) is 45.7 Å². The minimum atomic E-state index is -0.399. The number of nitro benzene ring substituents is 1. The summed E-state index contributed by atoms with van der Waals surface area (Å²) in [7, 11) is 0. The van der Waals surface area contributed by atoms with Crippen LogP contribution in [0.4, 0.5) is 5.69 Å². The molecule has 0 aliphatic rings. The van der Waals surface area contributed by atoms with E-state index < -0.39 is 4.92 Å². The number of Topliss-reactive ketones (excluding diaryl/α,β-unsaturated/α-hetero) is 1. The van der Waals surface area contributed by atoms with Gasteiger partial charge in [-0.2, -0.15) is 0 Å². The first-order chi connectivity index (χ1) is 9.32. The molecule has 1 aromatic rings. The lowest BCUT2D eigenvalue weighted by atomic mass is 9.95. The average molecular weight is 278 g/mol. The van der Waals surface area contributed by atoms with Crippen LogP contribution in [0, 0.1) is 16.0 Å². The Morgan fingerprint density at radius 1 is 1.25 bits per heavy atom. The lowest BCUT2D eigenvalue weighted by Gasteiger charge is -2.21. The molecule has 0 amide bonds. The van der Waals surface area contributed by atoms with Gasteiger partial charge in [-0.3, -0.25) is 14.9 Å². The standard InChI is InChI=1S/C15H22N2O3/c1-10(2)15(18)9-13(16-11(3)4)12-7-5-6-8-14(12)17(19)20/h5-8,10-11,13,16H,9H2,1-4H3. The minimum Gasteiger partial charge on any atom is -0.307 e. The molecule has 0 saturated carbocycles. The number of carbonyl (C=O) groups excluding carboxylic acids is 1. The molecular formula is C15H22N2O3. The maximum absolute atomic E-state index is 12.0. The lowest BCUT2D eigenvalue weighted by molar-refractivity contribution is -0.385. The molecule has 0 fully saturated rings. The van der Waals surface area contributed by atoms with Crippen LogP contribution in [0.5, 0.6) is 0 Å². The Hall–Kier alpha value is -1.75. The van der Waals surface area contributed by atoms with E-state index in [2.05, 4.69) is 5.32 Å². The Morgan fingerprint density at radius 3 is 2.35 bits per heavy atom.